The summed E-state index contributed by atoms with van der Waals surface area (Å²) in [7, 11) is -1.98. The quantitative estimate of drug-likeness (QED) is 0.624. The van der Waals surface area contributed by atoms with E-state index in [9.17, 15) is 8.42 Å². The molecule has 0 bridgehead atoms. The lowest BCUT2D eigenvalue weighted by atomic mass is 10.00. The SMILES string of the molecule is COc1ccc(C[C@@H](Cc2ccccc2)NS(=O)(=O)c2ccc(C)cc2)cc1. The first-order chi connectivity index (χ1) is 13.5. The number of nitrogens with one attached hydrogen (secondary N) is 1. The van der Waals surface area contributed by atoms with Gasteiger partial charge in [0.2, 0.25) is 10.0 Å². The number of rotatable bonds is 8. The van der Waals surface area contributed by atoms with Crippen LogP contribution in [0, 0.1) is 6.92 Å². The van der Waals surface area contributed by atoms with E-state index in [1.54, 1.807) is 19.2 Å². The van der Waals surface area contributed by atoms with Crippen LogP contribution >= 0.6 is 0 Å². The first kappa shape index (κ1) is 20.1. The summed E-state index contributed by atoms with van der Waals surface area (Å²) in [5.41, 5.74) is 3.17. The van der Waals surface area contributed by atoms with Crippen molar-refractivity contribution in [2.45, 2.75) is 30.7 Å². The molecule has 5 heteroatoms. The summed E-state index contributed by atoms with van der Waals surface area (Å²) < 4.78 is 33.9. The Labute approximate surface area is 167 Å². The highest BCUT2D eigenvalue weighted by Crippen LogP contribution is 2.17. The van der Waals surface area contributed by atoms with Crippen molar-refractivity contribution in [2.24, 2.45) is 0 Å². The monoisotopic (exact) mass is 395 g/mol. The van der Waals surface area contributed by atoms with Crippen molar-refractivity contribution >= 4 is 10.0 Å². The summed E-state index contributed by atoms with van der Waals surface area (Å²) in [6, 6.07) is 24.3. The van der Waals surface area contributed by atoms with E-state index < -0.39 is 10.0 Å². The zero-order valence-corrected chi connectivity index (χ0v) is 16.9. The minimum atomic E-state index is -3.60. The molecule has 3 rings (SSSR count). The average Bonchev–Trinajstić information content (AvgIpc) is 2.69. The van der Waals surface area contributed by atoms with Crippen molar-refractivity contribution in [1.29, 1.82) is 0 Å². The largest absolute Gasteiger partial charge is 0.497 e. The van der Waals surface area contributed by atoms with Gasteiger partial charge in [-0.1, -0.05) is 60.2 Å². The van der Waals surface area contributed by atoms with E-state index in [1.165, 1.54) is 0 Å². The molecular weight excluding hydrogens is 370 g/mol. The first-order valence-electron chi connectivity index (χ1n) is 9.22. The van der Waals surface area contributed by atoms with Gasteiger partial charge in [-0.15, -0.1) is 0 Å². The Morgan fingerprint density at radius 2 is 1.39 bits per heavy atom. The van der Waals surface area contributed by atoms with Gasteiger partial charge in [0.05, 0.1) is 12.0 Å². The van der Waals surface area contributed by atoms with Crippen molar-refractivity contribution in [1.82, 2.24) is 4.72 Å². The zero-order valence-electron chi connectivity index (χ0n) is 16.1. The van der Waals surface area contributed by atoms with Crippen molar-refractivity contribution in [2.75, 3.05) is 7.11 Å². The van der Waals surface area contributed by atoms with Gasteiger partial charge in [0.25, 0.3) is 0 Å². The minimum Gasteiger partial charge on any atom is -0.497 e. The Kier molecular flexibility index (Phi) is 6.49. The van der Waals surface area contributed by atoms with Gasteiger partial charge in [0.1, 0.15) is 5.75 Å². The van der Waals surface area contributed by atoms with Gasteiger partial charge in [-0.25, -0.2) is 13.1 Å². The summed E-state index contributed by atoms with van der Waals surface area (Å²) >= 11 is 0. The van der Waals surface area contributed by atoms with Crippen LogP contribution in [0.4, 0.5) is 0 Å². The molecule has 0 amide bonds. The second kappa shape index (κ2) is 9.04. The summed E-state index contributed by atoms with van der Waals surface area (Å²) in [6.07, 6.45) is 1.20. The maximum absolute atomic E-state index is 12.9. The smallest absolute Gasteiger partial charge is 0.240 e. The van der Waals surface area contributed by atoms with Gasteiger partial charge in [0, 0.05) is 6.04 Å². The van der Waals surface area contributed by atoms with Crippen LogP contribution in [-0.2, 0) is 22.9 Å². The Morgan fingerprint density at radius 3 is 1.96 bits per heavy atom. The van der Waals surface area contributed by atoms with Crippen molar-refractivity contribution in [3.63, 3.8) is 0 Å². The maximum Gasteiger partial charge on any atom is 0.240 e. The molecule has 0 radical (unpaired) electrons. The second-order valence-corrected chi connectivity index (χ2v) is 8.59. The van der Waals surface area contributed by atoms with Crippen LogP contribution in [0.1, 0.15) is 16.7 Å². The molecule has 0 saturated heterocycles. The molecule has 1 atom stereocenters. The number of sulfonamides is 1. The van der Waals surface area contributed by atoms with Crippen molar-refractivity contribution < 1.29 is 13.2 Å². The molecule has 3 aromatic carbocycles. The fourth-order valence-electron chi connectivity index (χ4n) is 3.11. The number of benzene rings is 3. The molecule has 0 aliphatic heterocycles. The average molecular weight is 396 g/mol. The lowest BCUT2D eigenvalue weighted by Gasteiger charge is -2.19. The Balaban J connectivity index is 1.83. The summed E-state index contributed by atoms with van der Waals surface area (Å²) in [6.45, 7) is 1.94. The molecule has 4 nitrogen and oxygen atoms in total. The van der Waals surface area contributed by atoms with Gasteiger partial charge in [0.15, 0.2) is 0 Å². The Bertz CT molecular complexity index is 982. The molecule has 0 unspecified atom stereocenters. The Morgan fingerprint density at radius 1 is 0.821 bits per heavy atom. The van der Waals surface area contributed by atoms with Crippen LogP contribution in [0.5, 0.6) is 5.75 Å². The second-order valence-electron chi connectivity index (χ2n) is 6.87. The highest BCUT2D eigenvalue weighted by atomic mass is 32.2. The highest BCUT2D eigenvalue weighted by molar-refractivity contribution is 7.89. The molecule has 146 valence electrons. The summed E-state index contributed by atoms with van der Waals surface area (Å²) in [5, 5.41) is 0. The normalized spacial score (nSPS) is 12.5. The molecule has 0 aliphatic carbocycles. The van der Waals surface area contributed by atoms with Crippen LogP contribution in [-0.4, -0.2) is 21.6 Å². The first-order valence-corrected chi connectivity index (χ1v) is 10.7. The highest BCUT2D eigenvalue weighted by Gasteiger charge is 2.21. The van der Waals surface area contributed by atoms with Crippen molar-refractivity contribution in [3.05, 3.63) is 95.6 Å². The van der Waals surface area contributed by atoms with E-state index >= 15 is 0 Å². The molecule has 0 heterocycles. The standard InChI is InChI=1S/C23H25NO3S/c1-18-8-14-23(15-9-18)28(25,26)24-21(16-19-6-4-3-5-7-19)17-20-10-12-22(27-2)13-11-20/h3-15,21,24H,16-17H2,1-2H3/t21-/m1/s1. The van der Waals surface area contributed by atoms with E-state index in [-0.39, 0.29) is 10.9 Å². The van der Waals surface area contributed by atoms with Gasteiger partial charge in [-0.05, 0) is 55.2 Å². The fraction of sp³-hybridized carbons (Fsp3) is 0.217. The molecule has 0 spiro atoms. The molecular formula is C23H25NO3S. The summed E-state index contributed by atoms with van der Waals surface area (Å²) in [4.78, 5) is 0.283. The topological polar surface area (TPSA) is 55.4 Å². The van der Waals surface area contributed by atoms with Crippen LogP contribution < -0.4 is 9.46 Å². The number of ether oxygens (including phenoxy) is 1. The van der Waals surface area contributed by atoms with Gasteiger partial charge in [-0.3, -0.25) is 0 Å². The maximum atomic E-state index is 12.9. The number of hydrogen-bond acceptors (Lipinski definition) is 3. The van der Waals surface area contributed by atoms with Crippen LogP contribution in [0.25, 0.3) is 0 Å². The van der Waals surface area contributed by atoms with Crippen LogP contribution in [0.3, 0.4) is 0 Å². The lowest BCUT2D eigenvalue weighted by Crippen LogP contribution is -2.38. The molecule has 0 fully saturated rings. The van der Waals surface area contributed by atoms with E-state index in [1.807, 2.05) is 73.7 Å². The summed E-state index contributed by atoms with van der Waals surface area (Å²) in [5.74, 6) is 0.781. The third kappa shape index (κ3) is 5.44. The minimum absolute atomic E-state index is 0.262. The predicted octanol–water partition coefficient (Wildman–Crippen LogP) is 4.14. The van der Waals surface area contributed by atoms with Gasteiger partial charge < -0.3 is 4.74 Å². The molecule has 3 aromatic rings. The third-order valence-corrected chi connectivity index (χ3v) is 6.16. The van der Waals surface area contributed by atoms with E-state index in [4.69, 9.17) is 4.74 Å². The fourth-order valence-corrected chi connectivity index (χ4v) is 4.34. The number of hydrogen-bond donors (Lipinski definition) is 1. The molecule has 28 heavy (non-hydrogen) atoms. The van der Waals surface area contributed by atoms with E-state index in [0.717, 1.165) is 22.4 Å². The van der Waals surface area contributed by atoms with Crippen LogP contribution in [0.15, 0.2) is 83.8 Å². The number of methoxy groups -OCH3 is 1. The molecule has 1 N–H and O–H groups in total. The zero-order chi connectivity index (χ0) is 20.0. The van der Waals surface area contributed by atoms with E-state index in [0.29, 0.717) is 12.8 Å². The van der Waals surface area contributed by atoms with Gasteiger partial charge in [-0.2, -0.15) is 0 Å². The predicted molar refractivity (Wildman–Crippen MR) is 112 cm³/mol. The van der Waals surface area contributed by atoms with Crippen molar-refractivity contribution in [3.8, 4) is 5.75 Å². The molecule has 0 saturated carbocycles. The van der Waals surface area contributed by atoms with E-state index in [2.05, 4.69) is 4.72 Å². The Hall–Kier alpha value is -2.63. The molecule has 0 aromatic heterocycles. The lowest BCUT2D eigenvalue weighted by molar-refractivity contribution is 0.414. The third-order valence-electron chi connectivity index (χ3n) is 4.62. The molecule has 0 aliphatic rings. The number of aryl methyl sites for hydroxylation is 1. The van der Waals surface area contributed by atoms with Crippen LogP contribution in [0.2, 0.25) is 0 Å². The van der Waals surface area contributed by atoms with Gasteiger partial charge >= 0.3 is 0 Å².